The van der Waals surface area contributed by atoms with Crippen LogP contribution in [0.2, 0.25) is 0 Å². The van der Waals surface area contributed by atoms with Gasteiger partial charge < -0.3 is 4.90 Å². The maximum atomic E-state index is 13.0. The first-order valence-electron chi connectivity index (χ1n) is 10.1. The Labute approximate surface area is 187 Å². The van der Waals surface area contributed by atoms with E-state index >= 15 is 0 Å². The third kappa shape index (κ3) is 4.09. The normalized spacial score (nSPS) is 15.1. The molecule has 0 spiro atoms. The van der Waals surface area contributed by atoms with E-state index in [9.17, 15) is 13.7 Å². The molecule has 160 valence electrons. The average molecular weight is 453 g/mol. The van der Waals surface area contributed by atoms with Gasteiger partial charge in [-0.2, -0.15) is 9.57 Å². The van der Waals surface area contributed by atoms with Gasteiger partial charge in [0.25, 0.3) is 0 Å². The molecule has 0 saturated carbocycles. The zero-order valence-electron chi connectivity index (χ0n) is 17.8. The van der Waals surface area contributed by atoms with E-state index in [1.165, 1.54) is 38.7 Å². The predicted octanol–water partition coefficient (Wildman–Crippen LogP) is 4.12. The lowest BCUT2D eigenvalue weighted by Gasteiger charge is -2.33. The van der Waals surface area contributed by atoms with Gasteiger partial charge in [0, 0.05) is 37.1 Å². The molecule has 0 bridgehead atoms. The van der Waals surface area contributed by atoms with Gasteiger partial charge in [0.1, 0.15) is 6.07 Å². The van der Waals surface area contributed by atoms with E-state index in [-0.39, 0.29) is 10.5 Å². The molecule has 0 unspecified atom stereocenters. The molecular formula is C23H24N4O2S2. The Balaban J connectivity index is 1.51. The molecule has 1 aliphatic heterocycles. The summed E-state index contributed by atoms with van der Waals surface area (Å²) < 4.78 is 27.6. The van der Waals surface area contributed by atoms with Crippen molar-refractivity contribution in [1.29, 1.82) is 5.26 Å². The maximum Gasteiger partial charge on any atom is 0.244 e. The van der Waals surface area contributed by atoms with E-state index in [4.69, 9.17) is 4.98 Å². The molecule has 4 rings (SSSR count). The first-order valence-corrected chi connectivity index (χ1v) is 12.4. The Hall–Kier alpha value is -2.73. The summed E-state index contributed by atoms with van der Waals surface area (Å²) >= 11 is 1.59. The second kappa shape index (κ2) is 8.42. The molecule has 2 heterocycles. The van der Waals surface area contributed by atoms with Crippen LogP contribution < -0.4 is 4.90 Å². The Morgan fingerprint density at radius 2 is 1.68 bits per heavy atom. The molecule has 0 atom stereocenters. The van der Waals surface area contributed by atoms with Crippen molar-refractivity contribution < 1.29 is 8.42 Å². The van der Waals surface area contributed by atoms with Crippen LogP contribution >= 0.6 is 11.3 Å². The van der Waals surface area contributed by atoms with Crippen molar-refractivity contribution in [1.82, 2.24) is 9.29 Å². The van der Waals surface area contributed by atoms with Crippen molar-refractivity contribution in [2.45, 2.75) is 25.7 Å². The number of benzene rings is 2. The lowest BCUT2D eigenvalue weighted by Crippen LogP contribution is -2.48. The molecule has 0 N–H and O–H groups in total. The highest BCUT2D eigenvalue weighted by Gasteiger charge is 2.31. The summed E-state index contributed by atoms with van der Waals surface area (Å²) in [5.41, 5.74) is 5.97. The smallest absolute Gasteiger partial charge is 0.244 e. The number of nitriles is 1. The van der Waals surface area contributed by atoms with Crippen molar-refractivity contribution >= 4 is 26.5 Å². The first-order chi connectivity index (χ1) is 14.8. The van der Waals surface area contributed by atoms with Gasteiger partial charge in [-0.3, -0.25) is 0 Å². The molecule has 31 heavy (non-hydrogen) atoms. The highest BCUT2D eigenvalue weighted by molar-refractivity contribution is 7.89. The molecule has 0 amide bonds. The van der Waals surface area contributed by atoms with Gasteiger partial charge in [-0.25, -0.2) is 13.4 Å². The number of nitrogens with zero attached hydrogens (tertiary/aromatic N) is 4. The van der Waals surface area contributed by atoms with E-state index in [0.29, 0.717) is 26.2 Å². The summed E-state index contributed by atoms with van der Waals surface area (Å²) in [5, 5.41) is 12.3. The minimum Gasteiger partial charge on any atom is -0.345 e. The molecule has 1 aromatic heterocycles. The number of rotatable bonds is 4. The highest BCUT2D eigenvalue weighted by atomic mass is 32.2. The van der Waals surface area contributed by atoms with Crippen LogP contribution in [0.3, 0.4) is 0 Å². The standard InChI is InChI=1S/C23H24N4O2S2/c1-16-12-17(2)22(18(3)13-16)20-15-30-23(25-20)26-8-10-27(11-9-26)31(28,29)21-7-5-4-6-19(21)14-24/h4-7,12-13,15H,8-11H2,1-3H3. The van der Waals surface area contributed by atoms with Crippen LogP contribution in [0, 0.1) is 32.1 Å². The fourth-order valence-electron chi connectivity index (χ4n) is 4.15. The monoisotopic (exact) mass is 452 g/mol. The van der Waals surface area contributed by atoms with Crippen LogP contribution in [0.1, 0.15) is 22.3 Å². The fraction of sp³-hybridized carbons (Fsp3) is 0.304. The van der Waals surface area contributed by atoms with Gasteiger partial charge in [-0.05, 0) is 44.0 Å². The largest absolute Gasteiger partial charge is 0.345 e. The maximum absolute atomic E-state index is 13.0. The van der Waals surface area contributed by atoms with Gasteiger partial charge in [0.15, 0.2) is 5.13 Å². The predicted molar refractivity (Wildman–Crippen MR) is 124 cm³/mol. The molecule has 0 aliphatic carbocycles. The third-order valence-electron chi connectivity index (χ3n) is 5.56. The summed E-state index contributed by atoms with van der Waals surface area (Å²) in [6.07, 6.45) is 0. The van der Waals surface area contributed by atoms with Crippen molar-refractivity contribution in [3.8, 4) is 17.3 Å². The van der Waals surface area contributed by atoms with Gasteiger partial charge in [-0.15, -0.1) is 11.3 Å². The third-order valence-corrected chi connectivity index (χ3v) is 8.42. The van der Waals surface area contributed by atoms with Crippen molar-refractivity contribution in [3.05, 3.63) is 64.0 Å². The van der Waals surface area contributed by atoms with Gasteiger partial charge in [-0.1, -0.05) is 29.8 Å². The van der Waals surface area contributed by atoms with Gasteiger partial charge in [0.2, 0.25) is 10.0 Å². The van der Waals surface area contributed by atoms with Crippen LogP contribution in [0.5, 0.6) is 0 Å². The van der Waals surface area contributed by atoms with E-state index in [0.717, 1.165) is 10.8 Å². The molecule has 1 saturated heterocycles. The van der Waals surface area contributed by atoms with Crippen LogP contribution in [0.4, 0.5) is 5.13 Å². The molecule has 8 heteroatoms. The minimum absolute atomic E-state index is 0.0767. The Kier molecular flexibility index (Phi) is 5.84. The quantitative estimate of drug-likeness (QED) is 0.595. The van der Waals surface area contributed by atoms with E-state index in [1.807, 2.05) is 6.07 Å². The number of piperazine rings is 1. The Morgan fingerprint density at radius 3 is 2.32 bits per heavy atom. The lowest BCUT2D eigenvalue weighted by atomic mass is 9.98. The molecule has 1 aliphatic rings. The van der Waals surface area contributed by atoms with Crippen LogP contribution in [0.25, 0.3) is 11.3 Å². The fourth-order valence-corrected chi connectivity index (χ4v) is 6.59. The second-order valence-electron chi connectivity index (χ2n) is 7.79. The number of sulfonamides is 1. The highest BCUT2D eigenvalue weighted by Crippen LogP contribution is 2.33. The number of hydrogen-bond acceptors (Lipinski definition) is 6. The van der Waals surface area contributed by atoms with Crippen molar-refractivity contribution in [2.24, 2.45) is 0 Å². The average Bonchev–Trinajstić information content (AvgIpc) is 3.22. The van der Waals surface area contributed by atoms with Gasteiger partial charge >= 0.3 is 0 Å². The summed E-state index contributed by atoms with van der Waals surface area (Å²) in [7, 11) is -3.70. The van der Waals surface area contributed by atoms with E-state index < -0.39 is 10.0 Å². The summed E-state index contributed by atoms with van der Waals surface area (Å²) in [4.78, 5) is 7.07. The lowest BCUT2D eigenvalue weighted by molar-refractivity contribution is 0.384. The number of anilines is 1. The molecule has 2 aromatic carbocycles. The first kappa shape index (κ1) is 21.5. The number of hydrogen-bond donors (Lipinski definition) is 0. The van der Waals surface area contributed by atoms with Crippen molar-refractivity contribution in [3.63, 3.8) is 0 Å². The summed E-state index contributed by atoms with van der Waals surface area (Å²) in [6, 6.07) is 12.7. The number of aryl methyl sites for hydroxylation is 3. The summed E-state index contributed by atoms with van der Waals surface area (Å²) in [5.74, 6) is 0. The van der Waals surface area contributed by atoms with Gasteiger partial charge in [0.05, 0.1) is 16.2 Å². The molecule has 0 radical (unpaired) electrons. The van der Waals surface area contributed by atoms with Crippen molar-refractivity contribution in [2.75, 3.05) is 31.1 Å². The van der Waals surface area contributed by atoms with Crippen LogP contribution in [-0.4, -0.2) is 43.9 Å². The van der Waals surface area contributed by atoms with Crippen LogP contribution in [-0.2, 0) is 10.0 Å². The Bertz CT molecular complexity index is 1240. The Morgan fingerprint density at radius 1 is 1.03 bits per heavy atom. The molecule has 3 aromatic rings. The second-order valence-corrected chi connectivity index (χ2v) is 10.5. The SMILES string of the molecule is Cc1cc(C)c(-c2csc(N3CCN(S(=O)(=O)c4ccccc4C#N)CC3)n2)c(C)c1. The number of thiazole rings is 1. The van der Waals surface area contributed by atoms with E-state index in [2.05, 4.69) is 43.2 Å². The molecule has 6 nitrogen and oxygen atoms in total. The zero-order chi connectivity index (χ0) is 22.2. The zero-order valence-corrected chi connectivity index (χ0v) is 19.4. The molecular weight excluding hydrogens is 428 g/mol. The van der Waals surface area contributed by atoms with Crippen LogP contribution in [0.15, 0.2) is 46.7 Å². The topological polar surface area (TPSA) is 77.3 Å². The minimum atomic E-state index is -3.70. The summed E-state index contributed by atoms with van der Waals surface area (Å²) in [6.45, 7) is 8.16. The number of aromatic nitrogens is 1. The molecule has 1 fully saturated rings. The van der Waals surface area contributed by atoms with E-state index in [1.54, 1.807) is 23.5 Å².